The van der Waals surface area contributed by atoms with Gasteiger partial charge in [0.2, 0.25) is 0 Å². The number of piperazine rings is 1. The number of para-hydroxylation sites is 1. The van der Waals surface area contributed by atoms with Crippen molar-refractivity contribution in [3.63, 3.8) is 0 Å². The van der Waals surface area contributed by atoms with Crippen molar-refractivity contribution in [3.05, 3.63) is 35.9 Å². The molecule has 0 saturated carbocycles. The number of nitrogen functional groups attached to an aromatic ring is 1. The van der Waals surface area contributed by atoms with E-state index < -0.39 is 0 Å². The van der Waals surface area contributed by atoms with Gasteiger partial charge in [0, 0.05) is 32.7 Å². The topological polar surface area (TPSA) is 32.5 Å². The molecule has 1 saturated heterocycles. The highest BCUT2D eigenvalue weighted by atomic mass is 35.5. The van der Waals surface area contributed by atoms with Crippen molar-refractivity contribution in [1.29, 1.82) is 0 Å². The van der Waals surface area contributed by atoms with Gasteiger partial charge in [0.15, 0.2) is 0 Å². The smallest absolute Gasteiger partial charge is 0.0741 e. The van der Waals surface area contributed by atoms with Gasteiger partial charge in [-0.05, 0) is 12.1 Å². The van der Waals surface area contributed by atoms with Gasteiger partial charge in [0.25, 0.3) is 0 Å². The van der Waals surface area contributed by atoms with Gasteiger partial charge in [0.05, 0.1) is 16.4 Å². The van der Waals surface area contributed by atoms with E-state index in [9.17, 15) is 0 Å². The van der Waals surface area contributed by atoms with Crippen LogP contribution in [-0.2, 0) is 0 Å². The van der Waals surface area contributed by atoms with Crippen LogP contribution in [0.15, 0.2) is 30.9 Å². The van der Waals surface area contributed by atoms with E-state index in [0.717, 1.165) is 38.4 Å². The van der Waals surface area contributed by atoms with Gasteiger partial charge < -0.3 is 10.6 Å². The van der Waals surface area contributed by atoms with Gasteiger partial charge in [-0.1, -0.05) is 23.7 Å². The van der Waals surface area contributed by atoms with Gasteiger partial charge in [0.1, 0.15) is 0 Å². The lowest BCUT2D eigenvalue weighted by Crippen LogP contribution is -2.46. The van der Waals surface area contributed by atoms with Crippen LogP contribution >= 0.6 is 11.6 Å². The number of halogens is 1. The summed E-state index contributed by atoms with van der Waals surface area (Å²) in [7, 11) is 0. The normalized spacial score (nSPS) is 17.1. The highest BCUT2D eigenvalue weighted by molar-refractivity contribution is 6.33. The first-order chi connectivity index (χ1) is 8.22. The van der Waals surface area contributed by atoms with Crippen molar-refractivity contribution < 1.29 is 0 Å². The third kappa shape index (κ3) is 2.73. The maximum atomic E-state index is 6.04. The van der Waals surface area contributed by atoms with Crippen molar-refractivity contribution in [2.75, 3.05) is 43.4 Å². The van der Waals surface area contributed by atoms with Gasteiger partial charge in [-0.25, -0.2) is 0 Å². The molecule has 1 aromatic carbocycles. The minimum absolute atomic E-state index is 0.635. The lowest BCUT2D eigenvalue weighted by Gasteiger charge is -2.36. The SMILES string of the molecule is C=CCN1CCN(c2cccc(Cl)c2N)CC1. The minimum atomic E-state index is 0.635. The van der Waals surface area contributed by atoms with E-state index in [-0.39, 0.29) is 0 Å². The predicted octanol–water partition coefficient (Wildman–Crippen LogP) is 2.23. The average molecular weight is 252 g/mol. The van der Waals surface area contributed by atoms with Crippen LogP contribution in [0, 0.1) is 0 Å². The maximum absolute atomic E-state index is 6.04. The van der Waals surface area contributed by atoms with E-state index >= 15 is 0 Å². The Bertz CT molecular complexity index is 398. The number of anilines is 2. The maximum Gasteiger partial charge on any atom is 0.0741 e. The molecular weight excluding hydrogens is 234 g/mol. The second kappa shape index (κ2) is 5.43. The molecule has 0 atom stereocenters. The summed E-state index contributed by atoms with van der Waals surface area (Å²) in [5, 5.41) is 0.635. The predicted molar refractivity (Wildman–Crippen MR) is 74.7 cm³/mol. The first kappa shape index (κ1) is 12.3. The molecule has 0 bridgehead atoms. The molecule has 17 heavy (non-hydrogen) atoms. The first-order valence-corrected chi connectivity index (χ1v) is 6.22. The number of benzene rings is 1. The molecule has 2 rings (SSSR count). The van der Waals surface area contributed by atoms with Crippen LogP contribution in [0.1, 0.15) is 0 Å². The summed E-state index contributed by atoms with van der Waals surface area (Å²) in [5.41, 5.74) is 7.74. The monoisotopic (exact) mass is 251 g/mol. The van der Waals surface area contributed by atoms with Crippen molar-refractivity contribution in [2.24, 2.45) is 0 Å². The molecule has 3 nitrogen and oxygen atoms in total. The van der Waals surface area contributed by atoms with Crippen LogP contribution in [-0.4, -0.2) is 37.6 Å². The molecule has 1 aliphatic heterocycles. The van der Waals surface area contributed by atoms with Gasteiger partial charge in [-0.15, -0.1) is 6.58 Å². The largest absolute Gasteiger partial charge is 0.396 e. The summed E-state index contributed by atoms with van der Waals surface area (Å²) in [6.45, 7) is 8.77. The molecule has 4 heteroatoms. The second-order valence-corrected chi connectivity index (χ2v) is 4.66. The van der Waals surface area contributed by atoms with Crippen LogP contribution < -0.4 is 10.6 Å². The molecule has 2 N–H and O–H groups in total. The Labute approximate surface area is 107 Å². The molecule has 1 heterocycles. The zero-order valence-corrected chi connectivity index (χ0v) is 10.7. The molecule has 0 unspecified atom stereocenters. The Morgan fingerprint density at radius 1 is 1.29 bits per heavy atom. The van der Waals surface area contributed by atoms with Crippen LogP contribution in [0.5, 0.6) is 0 Å². The van der Waals surface area contributed by atoms with Gasteiger partial charge >= 0.3 is 0 Å². The molecular formula is C13H18ClN3. The quantitative estimate of drug-likeness (QED) is 0.661. The lowest BCUT2D eigenvalue weighted by molar-refractivity contribution is 0.284. The van der Waals surface area contributed by atoms with E-state index in [2.05, 4.69) is 16.4 Å². The molecule has 92 valence electrons. The summed E-state index contributed by atoms with van der Waals surface area (Å²) >= 11 is 6.04. The van der Waals surface area contributed by atoms with Gasteiger partial charge in [-0.2, -0.15) is 0 Å². The second-order valence-electron chi connectivity index (χ2n) is 4.25. The average Bonchev–Trinajstić information content (AvgIpc) is 2.34. The summed E-state index contributed by atoms with van der Waals surface area (Å²) in [4.78, 5) is 4.67. The molecule has 1 fully saturated rings. The summed E-state index contributed by atoms with van der Waals surface area (Å²) in [6, 6.07) is 5.81. The zero-order chi connectivity index (χ0) is 12.3. The van der Waals surface area contributed by atoms with Crippen molar-refractivity contribution >= 4 is 23.0 Å². The number of rotatable bonds is 3. The Morgan fingerprint density at radius 2 is 2.00 bits per heavy atom. The minimum Gasteiger partial charge on any atom is -0.396 e. The Morgan fingerprint density at radius 3 is 2.65 bits per heavy atom. The van der Waals surface area contributed by atoms with Crippen molar-refractivity contribution in [2.45, 2.75) is 0 Å². The molecule has 1 aliphatic rings. The van der Waals surface area contributed by atoms with E-state index in [1.54, 1.807) is 0 Å². The Kier molecular flexibility index (Phi) is 3.92. The highest BCUT2D eigenvalue weighted by Gasteiger charge is 2.18. The summed E-state index contributed by atoms with van der Waals surface area (Å²) in [6.07, 6.45) is 1.95. The first-order valence-electron chi connectivity index (χ1n) is 5.84. The molecule has 0 aromatic heterocycles. The lowest BCUT2D eigenvalue weighted by atomic mass is 10.2. The van der Waals surface area contributed by atoms with Crippen molar-refractivity contribution in [3.8, 4) is 0 Å². The van der Waals surface area contributed by atoms with Crippen LogP contribution in [0.25, 0.3) is 0 Å². The van der Waals surface area contributed by atoms with E-state index in [1.807, 2.05) is 24.3 Å². The van der Waals surface area contributed by atoms with E-state index in [0.29, 0.717) is 10.7 Å². The molecule has 0 spiro atoms. The van der Waals surface area contributed by atoms with Crippen molar-refractivity contribution in [1.82, 2.24) is 4.90 Å². The number of nitrogens with zero attached hydrogens (tertiary/aromatic N) is 2. The van der Waals surface area contributed by atoms with Crippen LogP contribution in [0.3, 0.4) is 0 Å². The van der Waals surface area contributed by atoms with Gasteiger partial charge in [-0.3, -0.25) is 4.90 Å². The molecule has 0 aliphatic carbocycles. The van der Waals surface area contributed by atoms with E-state index in [4.69, 9.17) is 17.3 Å². The standard InChI is InChI=1S/C13H18ClN3/c1-2-6-16-7-9-17(10-8-16)12-5-3-4-11(14)13(12)15/h2-5H,1,6-10,15H2. The zero-order valence-electron chi connectivity index (χ0n) is 9.90. The molecule has 0 radical (unpaired) electrons. The number of hydrogen-bond acceptors (Lipinski definition) is 3. The third-order valence-corrected chi connectivity index (χ3v) is 3.46. The fourth-order valence-electron chi connectivity index (χ4n) is 2.16. The number of nitrogens with two attached hydrogens (primary N) is 1. The summed E-state index contributed by atoms with van der Waals surface area (Å²) < 4.78 is 0. The van der Waals surface area contributed by atoms with Crippen LogP contribution in [0.4, 0.5) is 11.4 Å². The fourth-order valence-corrected chi connectivity index (χ4v) is 2.32. The van der Waals surface area contributed by atoms with Crippen LogP contribution in [0.2, 0.25) is 5.02 Å². The Balaban J connectivity index is 2.05. The summed E-state index contributed by atoms with van der Waals surface area (Å²) in [5.74, 6) is 0. The number of hydrogen-bond donors (Lipinski definition) is 1. The Hall–Kier alpha value is -1.19. The third-order valence-electron chi connectivity index (χ3n) is 3.13. The van der Waals surface area contributed by atoms with E-state index in [1.165, 1.54) is 0 Å². The fraction of sp³-hybridized carbons (Fsp3) is 0.385. The molecule has 0 amide bonds. The molecule has 1 aromatic rings. The highest BCUT2D eigenvalue weighted by Crippen LogP contribution is 2.30.